The first-order valence-corrected chi connectivity index (χ1v) is 9.10. The van der Waals surface area contributed by atoms with Crippen LogP contribution in [-0.4, -0.2) is 38.8 Å². The molecule has 0 radical (unpaired) electrons. The number of amides is 1. The molecular formula is C21H22N4O. The second-order valence-electron chi connectivity index (χ2n) is 7.02. The van der Waals surface area contributed by atoms with E-state index in [2.05, 4.69) is 27.1 Å². The number of para-hydroxylation sites is 1. The number of pyridine rings is 1. The van der Waals surface area contributed by atoms with Crippen LogP contribution < -0.4 is 0 Å². The van der Waals surface area contributed by atoms with Crippen LogP contribution in [0.25, 0.3) is 10.9 Å². The molecule has 5 nitrogen and oxygen atoms in total. The third-order valence-corrected chi connectivity index (χ3v) is 5.12. The molecule has 1 amide bonds. The lowest BCUT2D eigenvalue weighted by Gasteiger charge is -2.33. The van der Waals surface area contributed by atoms with Crippen LogP contribution in [0.2, 0.25) is 0 Å². The number of piperidine rings is 1. The SMILES string of the molecule is Cc1ncncc1C(=O)N1CCC[C@H](Cc2cnc3ccccc3c2)C1. The van der Waals surface area contributed by atoms with Gasteiger partial charge in [0.1, 0.15) is 6.33 Å². The van der Waals surface area contributed by atoms with Gasteiger partial charge < -0.3 is 4.90 Å². The minimum atomic E-state index is 0.0458. The molecule has 0 N–H and O–H groups in total. The number of carbonyl (C=O) groups is 1. The molecule has 1 aliphatic heterocycles. The highest BCUT2D eigenvalue weighted by Gasteiger charge is 2.26. The molecule has 1 aromatic carbocycles. The Morgan fingerprint density at radius 2 is 2.12 bits per heavy atom. The van der Waals surface area contributed by atoms with Gasteiger partial charge in [-0.15, -0.1) is 0 Å². The van der Waals surface area contributed by atoms with Gasteiger partial charge >= 0.3 is 0 Å². The minimum absolute atomic E-state index is 0.0458. The maximum absolute atomic E-state index is 12.8. The van der Waals surface area contributed by atoms with Crippen LogP contribution in [0.3, 0.4) is 0 Å². The summed E-state index contributed by atoms with van der Waals surface area (Å²) in [6.07, 6.45) is 8.20. The predicted octanol–water partition coefficient (Wildman–Crippen LogP) is 3.43. The van der Waals surface area contributed by atoms with E-state index < -0.39 is 0 Å². The third kappa shape index (κ3) is 3.43. The topological polar surface area (TPSA) is 59.0 Å². The molecule has 5 heteroatoms. The number of fused-ring (bicyclic) bond motifs is 1. The molecule has 132 valence electrons. The van der Waals surface area contributed by atoms with E-state index in [9.17, 15) is 4.79 Å². The van der Waals surface area contributed by atoms with Gasteiger partial charge in [0.25, 0.3) is 5.91 Å². The summed E-state index contributed by atoms with van der Waals surface area (Å²) in [5.74, 6) is 0.505. The van der Waals surface area contributed by atoms with Crippen molar-refractivity contribution in [2.75, 3.05) is 13.1 Å². The van der Waals surface area contributed by atoms with Crippen molar-refractivity contribution < 1.29 is 4.79 Å². The van der Waals surface area contributed by atoms with E-state index in [0.29, 0.717) is 11.5 Å². The molecule has 1 saturated heterocycles. The van der Waals surface area contributed by atoms with Gasteiger partial charge in [-0.25, -0.2) is 9.97 Å². The van der Waals surface area contributed by atoms with E-state index in [0.717, 1.165) is 43.6 Å². The average molecular weight is 346 g/mol. The zero-order chi connectivity index (χ0) is 17.9. The molecule has 2 aromatic heterocycles. The Bertz CT molecular complexity index is 940. The summed E-state index contributed by atoms with van der Waals surface area (Å²) in [5, 5.41) is 1.17. The molecule has 0 bridgehead atoms. The Hall–Kier alpha value is -2.82. The third-order valence-electron chi connectivity index (χ3n) is 5.12. The highest BCUT2D eigenvalue weighted by Crippen LogP contribution is 2.23. The van der Waals surface area contributed by atoms with Crippen molar-refractivity contribution in [3.05, 3.63) is 65.9 Å². The fraction of sp³-hybridized carbons (Fsp3) is 0.333. The number of aromatic nitrogens is 3. The van der Waals surface area contributed by atoms with Crippen LogP contribution in [0.4, 0.5) is 0 Å². The summed E-state index contributed by atoms with van der Waals surface area (Å²) >= 11 is 0. The van der Waals surface area contributed by atoms with Gasteiger partial charge in [0.2, 0.25) is 0 Å². The number of nitrogens with zero attached hydrogens (tertiary/aromatic N) is 4. The van der Waals surface area contributed by atoms with E-state index in [1.54, 1.807) is 6.20 Å². The van der Waals surface area contributed by atoms with Crippen LogP contribution >= 0.6 is 0 Å². The lowest BCUT2D eigenvalue weighted by atomic mass is 9.91. The van der Waals surface area contributed by atoms with Crippen molar-refractivity contribution in [2.45, 2.75) is 26.2 Å². The predicted molar refractivity (Wildman–Crippen MR) is 101 cm³/mol. The van der Waals surface area contributed by atoms with Crippen molar-refractivity contribution in [3.8, 4) is 0 Å². The summed E-state index contributed by atoms with van der Waals surface area (Å²) in [4.78, 5) is 27.5. The fourth-order valence-corrected chi connectivity index (χ4v) is 3.75. The number of carbonyl (C=O) groups excluding carboxylic acids is 1. The number of hydrogen-bond acceptors (Lipinski definition) is 4. The van der Waals surface area contributed by atoms with Crippen molar-refractivity contribution in [1.29, 1.82) is 0 Å². The molecule has 26 heavy (non-hydrogen) atoms. The van der Waals surface area contributed by atoms with Crippen LogP contribution in [-0.2, 0) is 6.42 Å². The lowest BCUT2D eigenvalue weighted by Crippen LogP contribution is -2.40. The number of aryl methyl sites for hydroxylation is 1. The van der Waals surface area contributed by atoms with Gasteiger partial charge in [0.15, 0.2) is 0 Å². The van der Waals surface area contributed by atoms with Crippen LogP contribution in [0.5, 0.6) is 0 Å². The van der Waals surface area contributed by atoms with Crippen molar-refractivity contribution in [2.24, 2.45) is 5.92 Å². The van der Waals surface area contributed by atoms with Crippen molar-refractivity contribution in [1.82, 2.24) is 19.9 Å². The van der Waals surface area contributed by atoms with Crippen molar-refractivity contribution in [3.63, 3.8) is 0 Å². The summed E-state index contributed by atoms with van der Waals surface area (Å²) in [6.45, 7) is 3.44. The van der Waals surface area contributed by atoms with Gasteiger partial charge in [0.05, 0.1) is 16.8 Å². The van der Waals surface area contributed by atoms with Crippen LogP contribution in [0.1, 0.15) is 34.5 Å². The lowest BCUT2D eigenvalue weighted by molar-refractivity contribution is 0.0671. The first-order chi connectivity index (χ1) is 12.7. The zero-order valence-corrected chi connectivity index (χ0v) is 14.9. The molecule has 4 rings (SSSR count). The molecule has 0 saturated carbocycles. The molecule has 3 aromatic rings. The summed E-state index contributed by atoms with van der Waals surface area (Å²) < 4.78 is 0. The van der Waals surface area contributed by atoms with Gasteiger partial charge in [-0.1, -0.05) is 18.2 Å². The summed E-state index contributed by atoms with van der Waals surface area (Å²) in [5.41, 5.74) is 3.62. The van der Waals surface area contributed by atoms with E-state index in [1.165, 1.54) is 17.3 Å². The number of hydrogen-bond donors (Lipinski definition) is 0. The maximum atomic E-state index is 12.8. The molecule has 0 aliphatic carbocycles. The fourth-order valence-electron chi connectivity index (χ4n) is 3.75. The average Bonchev–Trinajstić information content (AvgIpc) is 2.68. The molecule has 1 fully saturated rings. The monoisotopic (exact) mass is 346 g/mol. The summed E-state index contributed by atoms with van der Waals surface area (Å²) in [6, 6.07) is 10.4. The normalized spacial score (nSPS) is 17.4. The highest BCUT2D eigenvalue weighted by molar-refractivity contribution is 5.95. The van der Waals surface area contributed by atoms with Gasteiger partial charge in [-0.2, -0.15) is 0 Å². The quantitative estimate of drug-likeness (QED) is 0.729. The van der Waals surface area contributed by atoms with Gasteiger partial charge in [-0.05, 0) is 49.8 Å². The Kier molecular flexibility index (Phi) is 4.61. The first kappa shape index (κ1) is 16.6. The number of benzene rings is 1. The van der Waals surface area contributed by atoms with Crippen molar-refractivity contribution >= 4 is 16.8 Å². The van der Waals surface area contributed by atoms with E-state index in [1.807, 2.05) is 36.2 Å². The van der Waals surface area contributed by atoms with E-state index in [-0.39, 0.29) is 5.91 Å². The second kappa shape index (κ2) is 7.20. The number of rotatable bonds is 3. The molecule has 0 spiro atoms. The standard InChI is InChI=1S/C21H22N4O/c1-15-19(12-22-14-24-15)21(26)25-8-4-5-16(13-25)9-17-10-18-6-2-3-7-20(18)23-11-17/h2-3,6-7,10-12,14,16H,4-5,8-9,13H2,1H3/t16-/m1/s1. The summed E-state index contributed by atoms with van der Waals surface area (Å²) in [7, 11) is 0. The van der Waals surface area contributed by atoms with Crippen LogP contribution in [0.15, 0.2) is 49.1 Å². The van der Waals surface area contributed by atoms with E-state index in [4.69, 9.17) is 0 Å². The highest BCUT2D eigenvalue weighted by atomic mass is 16.2. The number of likely N-dealkylation sites (tertiary alicyclic amines) is 1. The first-order valence-electron chi connectivity index (χ1n) is 9.10. The molecule has 1 atom stereocenters. The van der Waals surface area contributed by atoms with Gasteiger partial charge in [-0.3, -0.25) is 9.78 Å². The Labute approximate surface area is 153 Å². The Morgan fingerprint density at radius 3 is 3.00 bits per heavy atom. The largest absolute Gasteiger partial charge is 0.338 e. The molecule has 1 aliphatic rings. The smallest absolute Gasteiger partial charge is 0.257 e. The molecule has 3 heterocycles. The molecular weight excluding hydrogens is 324 g/mol. The molecule has 0 unspecified atom stereocenters. The Morgan fingerprint density at radius 1 is 1.23 bits per heavy atom. The second-order valence-corrected chi connectivity index (χ2v) is 7.02. The van der Waals surface area contributed by atoms with E-state index >= 15 is 0 Å². The Balaban J connectivity index is 1.48. The van der Waals surface area contributed by atoms with Gasteiger partial charge in [0, 0.05) is 30.9 Å². The maximum Gasteiger partial charge on any atom is 0.257 e. The minimum Gasteiger partial charge on any atom is -0.338 e. The zero-order valence-electron chi connectivity index (χ0n) is 14.9. The van der Waals surface area contributed by atoms with Crippen LogP contribution in [0, 0.1) is 12.8 Å².